The van der Waals surface area contributed by atoms with Gasteiger partial charge in [-0.3, -0.25) is 10.1 Å². The van der Waals surface area contributed by atoms with Crippen molar-refractivity contribution in [2.75, 3.05) is 13.7 Å². The average Bonchev–Trinajstić information content (AvgIpc) is 2.36. The Morgan fingerprint density at radius 1 is 1.43 bits per heavy atom. The van der Waals surface area contributed by atoms with Crippen LogP contribution in [0.2, 0.25) is 0 Å². The lowest BCUT2D eigenvalue weighted by Gasteiger charge is -2.12. The second-order valence-electron chi connectivity index (χ2n) is 4.26. The number of hydrogen-bond donors (Lipinski definition) is 0. The summed E-state index contributed by atoms with van der Waals surface area (Å²) < 4.78 is 33.3. The second-order valence-corrected chi connectivity index (χ2v) is 6.80. The van der Waals surface area contributed by atoms with Crippen molar-refractivity contribution < 1.29 is 22.8 Å². The number of halogens is 1. The predicted octanol–water partition coefficient (Wildman–Crippen LogP) is 2.88. The van der Waals surface area contributed by atoms with Crippen molar-refractivity contribution in [1.29, 1.82) is 0 Å². The summed E-state index contributed by atoms with van der Waals surface area (Å²) in [4.78, 5) is 9.63. The molecule has 0 aliphatic carbocycles. The van der Waals surface area contributed by atoms with Crippen LogP contribution in [0.15, 0.2) is 28.7 Å². The molecular formula is C12H14ClNO6S. The molecule has 0 fully saturated rings. The van der Waals surface area contributed by atoms with Crippen molar-refractivity contribution in [3.8, 4) is 11.5 Å². The van der Waals surface area contributed by atoms with Gasteiger partial charge in [0.15, 0.2) is 11.5 Å². The number of rotatable bonds is 6. The Morgan fingerprint density at radius 3 is 2.48 bits per heavy atom. The smallest absolute Gasteiger partial charge is 0.274 e. The molecule has 0 saturated heterocycles. The summed E-state index contributed by atoms with van der Waals surface area (Å²) in [6, 6.07) is 1.91. The second kappa shape index (κ2) is 6.77. The molecule has 1 aromatic carbocycles. The number of benzene rings is 1. The zero-order chi connectivity index (χ0) is 16.2. The molecule has 0 bridgehead atoms. The van der Waals surface area contributed by atoms with E-state index in [4.69, 9.17) is 20.2 Å². The van der Waals surface area contributed by atoms with Gasteiger partial charge in [-0.1, -0.05) is 5.57 Å². The van der Waals surface area contributed by atoms with Gasteiger partial charge in [-0.2, -0.15) is 0 Å². The molecule has 7 nitrogen and oxygen atoms in total. The molecule has 0 heterocycles. The van der Waals surface area contributed by atoms with E-state index in [1.807, 2.05) is 13.8 Å². The van der Waals surface area contributed by atoms with Gasteiger partial charge >= 0.3 is 0 Å². The topological polar surface area (TPSA) is 95.7 Å². The van der Waals surface area contributed by atoms with E-state index < -0.39 is 24.6 Å². The average molecular weight is 336 g/mol. The zero-order valence-electron chi connectivity index (χ0n) is 11.6. The molecule has 9 heteroatoms. The van der Waals surface area contributed by atoms with E-state index in [2.05, 4.69) is 0 Å². The van der Waals surface area contributed by atoms with E-state index in [-0.39, 0.29) is 18.1 Å². The van der Waals surface area contributed by atoms with Crippen LogP contribution in [0.25, 0.3) is 0 Å². The van der Waals surface area contributed by atoms with Gasteiger partial charge in [0.25, 0.3) is 14.7 Å². The first-order valence-electron chi connectivity index (χ1n) is 5.74. The van der Waals surface area contributed by atoms with Crippen LogP contribution >= 0.6 is 10.7 Å². The highest BCUT2D eigenvalue weighted by Gasteiger charge is 2.25. The van der Waals surface area contributed by atoms with Gasteiger partial charge in [-0.05, 0) is 19.9 Å². The number of nitro benzene ring substituents is 1. The Bertz CT molecular complexity index is 679. The van der Waals surface area contributed by atoms with Crippen molar-refractivity contribution in [3.05, 3.63) is 33.9 Å². The minimum atomic E-state index is -4.22. The molecule has 116 valence electrons. The highest BCUT2D eigenvalue weighted by atomic mass is 35.7. The van der Waals surface area contributed by atoms with Gasteiger partial charge in [0.1, 0.15) is 11.5 Å². The summed E-state index contributed by atoms with van der Waals surface area (Å²) in [5.41, 5.74) is 0.520. The molecule has 0 saturated carbocycles. The number of non-ortho nitro benzene ring substituents is 1. The van der Waals surface area contributed by atoms with E-state index >= 15 is 0 Å². The van der Waals surface area contributed by atoms with Gasteiger partial charge in [0.05, 0.1) is 18.1 Å². The van der Waals surface area contributed by atoms with E-state index in [1.165, 1.54) is 7.11 Å². The number of nitrogens with zero attached hydrogens (tertiary/aromatic N) is 1. The first-order valence-corrected chi connectivity index (χ1v) is 8.05. The molecule has 0 unspecified atom stereocenters. The minimum absolute atomic E-state index is 0.0663. The molecule has 0 aromatic heterocycles. The van der Waals surface area contributed by atoms with Gasteiger partial charge < -0.3 is 9.47 Å². The largest absolute Gasteiger partial charge is 0.492 e. The third kappa shape index (κ3) is 4.61. The lowest BCUT2D eigenvalue weighted by Crippen LogP contribution is -2.03. The fourth-order valence-corrected chi connectivity index (χ4v) is 2.47. The van der Waals surface area contributed by atoms with Crippen LogP contribution in [-0.4, -0.2) is 27.1 Å². The molecule has 1 aromatic rings. The van der Waals surface area contributed by atoms with Crippen LogP contribution < -0.4 is 9.47 Å². The highest BCUT2D eigenvalue weighted by Crippen LogP contribution is 2.39. The minimum Gasteiger partial charge on any atom is -0.492 e. The molecule has 0 aliphatic heterocycles. The number of ether oxygens (including phenoxy) is 2. The molecule has 0 spiro atoms. The van der Waals surface area contributed by atoms with Crippen LogP contribution in [0.1, 0.15) is 13.8 Å². The molecule has 0 radical (unpaired) electrons. The summed E-state index contributed by atoms with van der Waals surface area (Å²) in [5.74, 6) is -0.235. The molecule has 0 aliphatic rings. The Kier molecular flexibility index (Phi) is 5.56. The molecule has 0 atom stereocenters. The van der Waals surface area contributed by atoms with Crippen LogP contribution in [0.3, 0.4) is 0 Å². The monoisotopic (exact) mass is 335 g/mol. The maximum Gasteiger partial charge on any atom is 0.274 e. The maximum atomic E-state index is 11.5. The van der Waals surface area contributed by atoms with Crippen LogP contribution in [-0.2, 0) is 9.05 Å². The Morgan fingerprint density at radius 2 is 2.05 bits per heavy atom. The van der Waals surface area contributed by atoms with Gasteiger partial charge in [0, 0.05) is 16.7 Å². The SMILES string of the molecule is COc1c(OCC=C(C)C)cc([N+](=O)[O-])cc1S(=O)(=O)Cl. The quantitative estimate of drug-likeness (QED) is 0.343. The van der Waals surface area contributed by atoms with E-state index in [0.29, 0.717) is 0 Å². The van der Waals surface area contributed by atoms with E-state index in [1.54, 1.807) is 6.08 Å². The third-order valence-corrected chi connectivity index (χ3v) is 3.74. The number of methoxy groups -OCH3 is 1. The third-order valence-electron chi connectivity index (χ3n) is 2.41. The molecule has 0 N–H and O–H groups in total. The lowest BCUT2D eigenvalue weighted by atomic mass is 10.2. The normalized spacial score (nSPS) is 10.9. The van der Waals surface area contributed by atoms with Gasteiger partial charge in [-0.15, -0.1) is 0 Å². The van der Waals surface area contributed by atoms with Crippen molar-refractivity contribution in [2.24, 2.45) is 0 Å². The zero-order valence-corrected chi connectivity index (χ0v) is 13.2. The van der Waals surface area contributed by atoms with Crippen molar-refractivity contribution in [1.82, 2.24) is 0 Å². The number of hydrogen-bond acceptors (Lipinski definition) is 6. The van der Waals surface area contributed by atoms with Crippen molar-refractivity contribution in [2.45, 2.75) is 18.7 Å². The Hall–Kier alpha value is -1.80. The highest BCUT2D eigenvalue weighted by molar-refractivity contribution is 8.13. The fourth-order valence-electron chi connectivity index (χ4n) is 1.46. The predicted molar refractivity (Wildman–Crippen MR) is 77.6 cm³/mol. The number of nitro groups is 1. The standard InChI is InChI=1S/C12H14ClNO6S/c1-8(2)4-5-20-10-6-9(14(15)16)7-11(12(10)19-3)21(13,17)18/h4,6-7H,5H2,1-3H3. The van der Waals surface area contributed by atoms with E-state index in [0.717, 1.165) is 17.7 Å². The first-order chi connectivity index (χ1) is 9.66. The first kappa shape index (κ1) is 17.3. The molecule has 1 rings (SSSR count). The summed E-state index contributed by atoms with van der Waals surface area (Å²) in [6.45, 7) is 3.81. The number of allylic oxidation sites excluding steroid dienone is 1. The van der Waals surface area contributed by atoms with Crippen molar-refractivity contribution in [3.63, 3.8) is 0 Å². The summed E-state index contributed by atoms with van der Waals surface area (Å²) in [7, 11) is 2.28. The van der Waals surface area contributed by atoms with Crippen LogP contribution in [0.4, 0.5) is 5.69 Å². The molecule has 0 amide bonds. The van der Waals surface area contributed by atoms with Crippen molar-refractivity contribution >= 4 is 25.4 Å². The summed E-state index contributed by atoms with van der Waals surface area (Å²) >= 11 is 0. The van der Waals surface area contributed by atoms with E-state index in [9.17, 15) is 18.5 Å². The lowest BCUT2D eigenvalue weighted by molar-refractivity contribution is -0.385. The Labute approximate surface area is 126 Å². The van der Waals surface area contributed by atoms with Gasteiger partial charge in [0.2, 0.25) is 0 Å². The Balaban J connectivity index is 3.42. The summed E-state index contributed by atoms with van der Waals surface area (Å²) in [6.07, 6.45) is 1.73. The molecule has 21 heavy (non-hydrogen) atoms. The van der Waals surface area contributed by atoms with Gasteiger partial charge in [-0.25, -0.2) is 8.42 Å². The fraction of sp³-hybridized carbons (Fsp3) is 0.333. The maximum absolute atomic E-state index is 11.5. The molecular weight excluding hydrogens is 322 g/mol. The van der Waals surface area contributed by atoms with Crippen LogP contribution in [0, 0.1) is 10.1 Å². The van der Waals surface area contributed by atoms with Crippen LogP contribution in [0.5, 0.6) is 11.5 Å². The summed E-state index contributed by atoms with van der Waals surface area (Å²) in [5, 5.41) is 10.9.